The molecule has 5 aromatic rings. The van der Waals surface area contributed by atoms with Crippen molar-refractivity contribution in [1.29, 1.82) is 0 Å². The minimum absolute atomic E-state index is 0.164. The summed E-state index contributed by atoms with van der Waals surface area (Å²) in [6.45, 7) is 6.36. The molecule has 0 saturated carbocycles. The molecule has 2 saturated heterocycles. The highest BCUT2D eigenvalue weighted by molar-refractivity contribution is 5.94. The van der Waals surface area contributed by atoms with Gasteiger partial charge in [-0.15, -0.1) is 0 Å². The minimum atomic E-state index is -0.663. The molecular weight excluding hydrogens is 480 g/mol. The van der Waals surface area contributed by atoms with E-state index in [1.54, 1.807) is 6.20 Å². The maximum absolute atomic E-state index is 14.5. The number of nitrogens with zero attached hydrogens (tertiary/aromatic N) is 4. The molecule has 0 amide bonds. The van der Waals surface area contributed by atoms with Gasteiger partial charge in [0.2, 0.25) is 0 Å². The summed E-state index contributed by atoms with van der Waals surface area (Å²) in [6, 6.07) is 17.0. The Morgan fingerprint density at radius 3 is 2.50 bits per heavy atom. The Bertz CT molecular complexity index is 1660. The molecular formula is C31H29F2N5. The highest BCUT2D eigenvalue weighted by Crippen LogP contribution is 2.38. The van der Waals surface area contributed by atoms with Crippen LogP contribution in [0.2, 0.25) is 0 Å². The van der Waals surface area contributed by atoms with E-state index < -0.39 is 11.6 Å². The van der Waals surface area contributed by atoms with Crippen molar-refractivity contribution in [2.24, 2.45) is 5.41 Å². The van der Waals surface area contributed by atoms with Crippen molar-refractivity contribution in [3.63, 3.8) is 0 Å². The first kappa shape index (κ1) is 23.3. The van der Waals surface area contributed by atoms with Crippen LogP contribution in [0, 0.1) is 24.0 Å². The fourth-order valence-corrected chi connectivity index (χ4v) is 6.28. The van der Waals surface area contributed by atoms with Gasteiger partial charge in [0, 0.05) is 54.2 Å². The molecule has 0 aliphatic carbocycles. The molecule has 192 valence electrons. The van der Waals surface area contributed by atoms with Gasteiger partial charge in [-0.2, -0.15) is 0 Å². The van der Waals surface area contributed by atoms with E-state index in [1.807, 2.05) is 29.7 Å². The molecule has 7 rings (SSSR count). The normalized spacial score (nSPS) is 17.2. The summed E-state index contributed by atoms with van der Waals surface area (Å²) >= 11 is 0. The third-order valence-electron chi connectivity index (χ3n) is 8.47. The SMILES string of the molecule is Cc1cc(-c2cnc3cc(-c4ccc(N5CCC6(CCNC6)CC5)cc4)ccn23)c2cc(F)cc(F)c2n1. The number of imidazole rings is 1. The van der Waals surface area contributed by atoms with Crippen molar-refractivity contribution in [3.05, 3.63) is 84.3 Å². The van der Waals surface area contributed by atoms with Gasteiger partial charge in [-0.1, -0.05) is 12.1 Å². The molecule has 2 aliphatic rings. The van der Waals surface area contributed by atoms with Crippen LogP contribution in [0.3, 0.4) is 0 Å². The Morgan fingerprint density at radius 2 is 1.74 bits per heavy atom. The summed E-state index contributed by atoms with van der Waals surface area (Å²) in [5, 5.41) is 3.98. The largest absolute Gasteiger partial charge is 0.371 e. The molecule has 1 N–H and O–H groups in total. The first-order valence-electron chi connectivity index (χ1n) is 13.3. The van der Waals surface area contributed by atoms with Crippen LogP contribution in [0.4, 0.5) is 14.5 Å². The van der Waals surface area contributed by atoms with Gasteiger partial charge < -0.3 is 10.2 Å². The van der Waals surface area contributed by atoms with E-state index in [0.29, 0.717) is 22.1 Å². The molecule has 7 heteroatoms. The second-order valence-electron chi connectivity index (χ2n) is 10.8. The number of rotatable bonds is 3. The van der Waals surface area contributed by atoms with E-state index >= 15 is 0 Å². The van der Waals surface area contributed by atoms with Crippen LogP contribution in [0.25, 0.3) is 38.9 Å². The zero-order chi connectivity index (χ0) is 25.9. The van der Waals surface area contributed by atoms with Crippen LogP contribution in [0.5, 0.6) is 0 Å². The lowest BCUT2D eigenvalue weighted by Gasteiger charge is -2.40. The van der Waals surface area contributed by atoms with E-state index in [2.05, 4.69) is 50.5 Å². The van der Waals surface area contributed by atoms with Crippen molar-refractivity contribution in [2.75, 3.05) is 31.1 Å². The summed E-state index contributed by atoms with van der Waals surface area (Å²) < 4.78 is 30.5. The predicted octanol–water partition coefficient (Wildman–Crippen LogP) is 6.38. The Hall–Kier alpha value is -3.84. The second-order valence-corrected chi connectivity index (χ2v) is 10.8. The van der Waals surface area contributed by atoms with Gasteiger partial charge in [0.25, 0.3) is 0 Å². The number of anilines is 1. The standard InChI is InChI=1S/C31H29F2N5/c1-20-14-25(26-16-23(32)17-27(33)30(26)36-20)28-18-35-29-15-22(6-11-38(28)29)21-2-4-24(5-3-21)37-12-8-31(9-13-37)7-10-34-19-31/h2-6,11,14-18,34H,7-10,12-13,19H2,1H3. The number of benzene rings is 2. The highest BCUT2D eigenvalue weighted by atomic mass is 19.1. The Labute approximate surface area is 220 Å². The van der Waals surface area contributed by atoms with E-state index in [9.17, 15) is 8.78 Å². The van der Waals surface area contributed by atoms with Crippen LogP contribution in [0.1, 0.15) is 25.0 Å². The van der Waals surface area contributed by atoms with Crippen LogP contribution >= 0.6 is 0 Å². The first-order valence-corrected chi connectivity index (χ1v) is 13.3. The molecule has 1 spiro atoms. The lowest BCUT2D eigenvalue weighted by atomic mass is 9.78. The summed E-state index contributed by atoms with van der Waals surface area (Å²) in [5.74, 6) is -1.29. The Balaban J connectivity index is 1.18. The fourth-order valence-electron chi connectivity index (χ4n) is 6.28. The minimum Gasteiger partial charge on any atom is -0.371 e. The van der Waals surface area contributed by atoms with Gasteiger partial charge in [0.1, 0.15) is 17.0 Å². The zero-order valence-electron chi connectivity index (χ0n) is 21.3. The molecule has 3 aromatic heterocycles. The third-order valence-corrected chi connectivity index (χ3v) is 8.47. The monoisotopic (exact) mass is 509 g/mol. The van der Waals surface area contributed by atoms with E-state index in [0.717, 1.165) is 48.2 Å². The Morgan fingerprint density at radius 1 is 0.921 bits per heavy atom. The van der Waals surface area contributed by atoms with E-state index in [1.165, 1.54) is 37.6 Å². The van der Waals surface area contributed by atoms with Crippen LogP contribution in [0.15, 0.2) is 67.0 Å². The molecule has 2 aromatic carbocycles. The van der Waals surface area contributed by atoms with E-state index in [4.69, 9.17) is 0 Å². The lowest BCUT2D eigenvalue weighted by Crippen LogP contribution is -2.41. The predicted molar refractivity (Wildman–Crippen MR) is 147 cm³/mol. The molecule has 38 heavy (non-hydrogen) atoms. The first-order chi connectivity index (χ1) is 18.5. The van der Waals surface area contributed by atoms with Crippen molar-refractivity contribution >= 4 is 22.2 Å². The van der Waals surface area contributed by atoms with Crippen molar-refractivity contribution in [3.8, 4) is 22.4 Å². The second kappa shape index (κ2) is 8.88. The molecule has 0 atom stereocenters. The maximum Gasteiger partial charge on any atom is 0.152 e. The number of hydrogen-bond donors (Lipinski definition) is 1. The molecule has 0 radical (unpaired) electrons. The molecule has 5 nitrogen and oxygen atoms in total. The summed E-state index contributed by atoms with van der Waals surface area (Å²) in [4.78, 5) is 11.4. The molecule has 2 fully saturated rings. The molecule has 0 bridgehead atoms. The summed E-state index contributed by atoms with van der Waals surface area (Å²) in [5.41, 5.74) is 7.05. The summed E-state index contributed by atoms with van der Waals surface area (Å²) in [7, 11) is 0. The number of aryl methyl sites for hydroxylation is 1. The van der Waals surface area contributed by atoms with Crippen molar-refractivity contribution in [1.82, 2.24) is 19.7 Å². The van der Waals surface area contributed by atoms with Gasteiger partial charge in [0.15, 0.2) is 5.82 Å². The molecule has 0 unspecified atom stereocenters. The van der Waals surface area contributed by atoms with Gasteiger partial charge in [-0.25, -0.2) is 18.7 Å². The number of nitrogens with one attached hydrogen (secondary N) is 1. The lowest BCUT2D eigenvalue weighted by molar-refractivity contribution is 0.247. The van der Waals surface area contributed by atoms with Crippen LogP contribution in [-0.2, 0) is 0 Å². The van der Waals surface area contributed by atoms with Crippen LogP contribution < -0.4 is 10.2 Å². The number of aromatic nitrogens is 3. The highest BCUT2D eigenvalue weighted by Gasteiger charge is 2.37. The average molecular weight is 510 g/mol. The smallest absolute Gasteiger partial charge is 0.152 e. The molecule has 2 aliphatic heterocycles. The van der Waals surface area contributed by atoms with Gasteiger partial charge >= 0.3 is 0 Å². The fraction of sp³-hybridized carbons (Fsp3) is 0.290. The Kier molecular flexibility index (Phi) is 5.44. The topological polar surface area (TPSA) is 45.5 Å². The number of pyridine rings is 2. The van der Waals surface area contributed by atoms with E-state index in [-0.39, 0.29) is 5.52 Å². The number of fused-ring (bicyclic) bond motifs is 2. The van der Waals surface area contributed by atoms with Crippen LogP contribution in [-0.4, -0.2) is 40.5 Å². The number of halogens is 2. The number of piperidine rings is 1. The number of hydrogen-bond acceptors (Lipinski definition) is 4. The zero-order valence-corrected chi connectivity index (χ0v) is 21.3. The summed E-state index contributed by atoms with van der Waals surface area (Å²) in [6.07, 6.45) is 7.54. The van der Waals surface area contributed by atoms with Crippen molar-refractivity contribution < 1.29 is 8.78 Å². The third kappa shape index (κ3) is 3.93. The van der Waals surface area contributed by atoms with Gasteiger partial charge in [-0.3, -0.25) is 4.40 Å². The average Bonchev–Trinajstić information content (AvgIpc) is 3.56. The maximum atomic E-state index is 14.5. The molecule has 5 heterocycles. The quantitative estimate of drug-likeness (QED) is 0.306. The van der Waals surface area contributed by atoms with Gasteiger partial charge in [0.05, 0.1) is 11.9 Å². The van der Waals surface area contributed by atoms with Gasteiger partial charge in [-0.05, 0) is 85.7 Å². The van der Waals surface area contributed by atoms with Crippen molar-refractivity contribution in [2.45, 2.75) is 26.2 Å².